The van der Waals surface area contributed by atoms with Crippen molar-refractivity contribution in [2.24, 2.45) is 0 Å². The van der Waals surface area contributed by atoms with Crippen LogP contribution in [0.25, 0.3) is 10.9 Å². The quantitative estimate of drug-likeness (QED) is 0.791. The van der Waals surface area contributed by atoms with Gasteiger partial charge in [-0.05, 0) is 50.4 Å². The molecule has 1 aromatic carbocycles. The predicted octanol–water partition coefficient (Wildman–Crippen LogP) is 3.40. The van der Waals surface area contributed by atoms with Crippen LogP contribution in [-0.2, 0) is 0 Å². The standard InChI is InChI=1S/C8H6Br2N2/c1-4-2-3-5(9)6-7(4)11-12-8(6)10/h2-3H,1H3,(H,11,12). The van der Waals surface area contributed by atoms with Gasteiger partial charge in [-0.3, -0.25) is 5.10 Å². The largest absolute Gasteiger partial charge is 0.270 e. The van der Waals surface area contributed by atoms with Crippen molar-refractivity contribution >= 4 is 42.8 Å². The molecule has 1 aromatic heterocycles. The van der Waals surface area contributed by atoms with Gasteiger partial charge in [-0.15, -0.1) is 0 Å². The van der Waals surface area contributed by atoms with Crippen LogP contribution in [0, 0.1) is 6.92 Å². The molecule has 0 spiro atoms. The van der Waals surface area contributed by atoms with Crippen molar-refractivity contribution in [3.8, 4) is 0 Å². The Labute approximate surface area is 86.6 Å². The number of H-pyrrole nitrogens is 1. The lowest BCUT2D eigenvalue weighted by molar-refractivity contribution is 1.09. The zero-order chi connectivity index (χ0) is 8.72. The van der Waals surface area contributed by atoms with Crippen molar-refractivity contribution in [1.82, 2.24) is 10.2 Å². The third-order valence-corrected chi connectivity index (χ3v) is 3.05. The molecular weight excluding hydrogens is 284 g/mol. The molecular formula is C8H6Br2N2. The van der Waals surface area contributed by atoms with Crippen LogP contribution in [0.4, 0.5) is 0 Å². The van der Waals surface area contributed by atoms with Gasteiger partial charge in [0.15, 0.2) is 0 Å². The van der Waals surface area contributed by atoms with Crippen molar-refractivity contribution < 1.29 is 0 Å². The van der Waals surface area contributed by atoms with Crippen LogP contribution in [0.3, 0.4) is 0 Å². The van der Waals surface area contributed by atoms with Gasteiger partial charge in [-0.2, -0.15) is 5.10 Å². The molecule has 4 heteroatoms. The Morgan fingerprint density at radius 1 is 1.33 bits per heavy atom. The van der Waals surface area contributed by atoms with E-state index >= 15 is 0 Å². The van der Waals surface area contributed by atoms with Crippen LogP contribution < -0.4 is 0 Å². The zero-order valence-corrected chi connectivity index (χ0v) is 9.53. The summed E-state index contributed by atoms with van der Waals surface area (Å²) in [6.07, 6.45) is 0. The molecule has 0 saturated heterocycles. The predicted molar refractivity (Wildman–Crippen MR) is 56.2 cm³/mol. The van der Waals surface area contributed by atoms with E-state index in [1.165, 1.54) is 5.56 Å². The highest BCUT2D eigenvalue weighted by Gasteiger charge is 2.07. The summed E-state index contributed by atoms with van der Waals surface area (Å²) in [5, 5.41) is 8.18. The molecule has 1 N–H and O–H groups in total. The number of rotatable bonds is 0. The van der Waals surface area contributed by atoms with E-state index in [2.05, 4.69) is 42.1 Å². The van der Waals surface area contributed by atoms with Gasteiger partial charge in [0.2, 0.25) is 0 Å². The van der Waals surface area contributed by atoms with Crippen molar-refractivity contribution in [3.05, 3.63) is 26.8 Å². The second-order valence-corrected chi connectivity index (χ2v) is 4.27. The molecule has 0 atom stereocenters. The number of nitrogens with zero attached hydrogens (tertiary/aromatic N) is 1. The second-order valence-electron chi connectivity index (χ2n) is 2.63. The average Bonchev–Trinajstić information content (AvgIpc) is 2.42. The van der Waals surface area contributed by atoms with E-state index in [1.54, 1.807) is 0 Å². The fourth-order valence-corrected chi connectivity index (χ4v) is 2.46. The summed E-state index contributed by atoms with van der Waals surface area (Å²) in [5.41, 5.74) is 2.19. The maximum absolute atomic E-state index is 4.18. The van der Waals surface area contributed by atoms with Crippen LogP contribution in [0.1, 0.15) is 5.56 Å². The van der Waals surface area contributed by atoms with E-state index in [9.17, 15) is 0 Å². The first-order valence-corrected chi connectivity index (χ1v) is 5.07. The summed E-state index contributed by atoms with van der Waals surface area (Å²) >= 11 is 6.87. The maximum Gasteiger partial charge on any atom is 0.109 e. The molecule has 0 aliphatic rings. The molecule has 0 amide bonds. The van der Waals surface area contributed by atoms with Crippen molar-refractivity contribution in [1.29, 1.82) is 0 Å². The van der Waals surface area contributed by atoms with Crippen molar-refractivity contribution in [2.75, 3.05) is 0 Å². The van der Waals surface area contributed by atoms with E-state index in [1.807, 2.05) is 19.1 Å². The van der Waals surface area contributed by atoms with Gasteiger partial charge < -0.3 is 0 Å². The summed E-state index contributed by atoms with van der Waals surface area (Å²) in [5.74, 6) is 0. The highest BCUT2D eigenvalue weighted by molar-refractivity contribution is 9.11. The number of aromatic nitrogens is 2. The molecule has 0 radical (unpaired) electrons. The fraction of sp³-hybridized carbons (Fsp3) is 0.125. The molecule has 2 aromatic rings. The van der Waals surface area contributed by atoms with Gasteiger partial charge >= 0.3 is 0 Å². The molecule has 0 unspecified atom stereocenters. The number of nitrogens with one attached hydrogen (secondary N) is 1. The Morgan fingerprint density at radius 2 is 2.08 bits per heavy atom. The van der Waals surface area contributed by atoms with E-state index < -0.39 is 0 Å². The van der Waals surface area contributed by atoms with Crippen LogP contribution in [0.2, 0.25) is 0 Å². The summed E-state index contributed by atoms with van der Waals surface area (Å²) in [6, 6.07) is 4.07. The Kier molecular flexibility index (Phi) is 1.96. The van der Waals surface area contributed by atoms with E-state index in [0.29, 0.717) is 0 Å². The Balaban J connectivity index is 2.98. The van der Waals surface area contributed by atoms with E-state index in [0.717, 1.165) is 20.0 Å². The monoisotopic (exact) mass is 288 g/mol. The summed E-state index contributed by atoms with van der Waals surface area (Å²) < 4.78 is 1.98. The van der Waals surface area contributed by atoms with Crippen LogP contribution in [-0.4, -0.2) is 10.2 Å². The molecule has 1 heterocycles. The molecule has 0 bridgehead atoms. The topological polar surface area (TPSA) is 28.7 Å². The third kappa shape index (κ3) is 1.10. The molecule has 0 aliphatic heterocycles. The smallest absolute Gasteiger partial charge is 0.109 e. The number of aryl methyl sites for hydroxylation is 1. The first-order valence-electron chi connectivity index (χ1n) is 3.49. The second kappa shape index (κ2) is 2.85. The van der Waals surface area contributed by atoms with E-state index in [-0.39, 0.29) is 0 Å². The lowest BCUT2D eigenvalue weighted by Gasteiger charge is -1.96. The molecule has 0 aliphatic carbocycles. The molecule has 2 rings (SSSR count). The molecule has 0 saturated carbocycles. The first-order chi connectivity index (χ1) is 5.70. The van der Waals surface area contributed by atoms with Gasteiger partial charge in [0.25, 0.3) is 0 Å². The average molecular weight is 290 g/mol. The van der Waals surface area contributed by atoms with Gasteiger partial charge in [-0.25, -0.2) is 0 Å². The summed E-state index contributed by atoms with van der Waals surface area (Å²) in [7, 11) is 0. The van der Waals surface area contributed by atoms with Crippen molar-refractivity contribution in [2.45, 2.75) is 6.92 Å². The SMILES string of the molecule is Cc1ccc(Br)c2c(Br)[nH]nc12. The van der Waals surface area contributed by atoms with Crippen molar-refractivity contribution in [3.63, 3.8) is 0 Å². The van der Waals surface area contributed by atoms with Gasteiger partial charge in [0.1, 0.15) is 4.60 Å². The lowest BCUT2D eigenvalue weighted by Crippen LogP contribution is -1.76. The number of fused-ring (bicyclic) bond motifs is 1. The van der Waals surface area contributed by atoms with Crippen LogP contribution in [0.5, 0.6) is 0 Å². The lowest BCUT2D eigenvalue weighted by atomic mass is 10.2. The van der Waals surface area contributed by atoms with Gasteiger partial charge in [-0.1, -0.05) is 6.07 Å². The number of benzene rings is 1. The molecule has 62 valence electrons. The number of hydrogen-bond acceptors (Lipinski definition) is 1. The minimum Gasteiger partial charge on any atom is -0.270 e. The number of aromatic amines is 1. The Bertz CT molecular complexity index is 434. The fourth-order valence-electron chi connectivity index (χ4n) is 1.18. The molecule has 2 nitrogen and oxygen atoms in total. The summed E-state index contributed by atoms with van der Waals surface area (Å²) in [6.45, 7) is 2.04. The summed E-state index contributed by atoms with van der Waals surface area (Å²) in [4.78, 5) is 0. The highest BCUT2D eigenvalue weighted by Crippen LogP contribution is 2.30. The Morgan fingerprint density at radius 3 is 2.75 bits per heavy atom. The third-order valence-electron chi connectivity index (χ3n) is 1.81. The maximum atomic E-state index is 4.18. The number of hydrogen-bond donors (Lipinski definition) is 1. The van der Waals surface area contributed by atoms with Crippen LogP contribution >= 0.6 is 31.9 Å². The molecule has 12 heavy (non-hydrogen) atoms. The minimum atomic E-state index is 0.924. The van der Waals surface area contributed by atoms with E-state index in [4.69, 9.17) is 0 Å². The van der Waals surface area contributed by atoms with Gasteiger partial charge in [0, 0.05) is 9.86 Å². The molecule has 0 fully saturated rings. The van der Waals surface area contributed by atoms with Gasteiger partial charge in [0.05, 0.1) is 5.52 Å². The number of halogens is 2. The zero-order valence-electron chi connectivity index (χ0n) is 6.36. The minimum absolute atomic E-state index is 0.924. The highest BCUT2D eigenvalue weighted by atomic mass is 79.9. The van der Waals surface area contributed by atoms with Crippen LogP contribution in [0.15, 0.2) is 21.2 Å². The Hall–Kier alpha value is -0.350. The first kappa shape index (κ1) is 8.26. The normalized spacial score (nSPS) is 10.9.